The zero-order chi connectivity index (χ0) is 16.0. The molecule has 0 saturated carbocycles. The lowest BCUT2D eigenvalue weighted by molar-refractivity contribution is -0.119. The third kappa shape index (κ3) is 5.01. The van der Waals surface area contributed by atoms with Crippen LogP contribution in [0, 0.1) is 11.7 Å². The molecule has 0 aliphatic carbocycles. The number of benzene rings is 1. The number of amides is 1. The van der Waals surface area contributed by atoms with E-state index in [4.69, 9.17) is 0 Å². The van der Waals surface area contributed by atoms with Crippen molar-refractivity contribution < 1.29 is 9.18 Å². The molecule has 118 valence electrons. The molecule has 0 aromatic heterocycles. The van der Waals surface area contributed by atoms with Crippen LogP contribution in [0.25, 0.3) is 0 Å². The van der Waals surface area contributed by atoms with E-state index in [2.05, 4.69) is 10.6 Å². The van der Waals surface area contributed by atoms with Gasteiger partial charge < -0.3 is 15.5 Å². The SMILES string of the molecule is CCNCC(C)C(=O)Nc1ccc(N(C)C(C)C)c(F)c1. The van der Waals surface area contributed by atoms with E-state index in [0.29, 0.717) is 17.9 Å². The van der Waals surface area contributed by atoms with Gasteiger partial charge in [-0.15, -0.1) is 0 Å². The van der Waals surface area contributed by atoms with E-state index < -0.39 is 0 Å². The number of rotatable bonds is 7. The highest BCUT2D eigenvalue weighted by molar-refractivity contribution is 5.92. The molecule has 0 saturated heterocycles. The summed E-state index contributed by atoms with van der Waals surface area (Å²) in [6, 6.07) is 5.00. The molecule has 1 aromatic carbocycles. The van der Waals surface area contributed by atoms with Gasteiger partial charge in [-0.3, -0.25) is 4.79 Å². The molecule has 0 radical (unpaired) electrons. The fraction of sp³-hybridized carbons (Fsp3) is 0.562. The van der Waals surface area contributed by atoms with Crippen LogP contribution in [0.15, 0.2) is 18.2 Å². The summed E-state index contributed by atoms with van der Waals surface area (Å²) in [7, 11) is 1.85. The van der Waals surface area contributed by atoms with Crippen LogP contribution in [0.2, 0.25) is 0 Å². The lowest BCUT2D eigenvalue weighted by Gasteiger charge is -2.24. The van der Waals surface area contributed by atoms with Crippen LogP contribution in [0.5, 0.6) is 0 Å². The van der Waals surface area contributed by atoms with Gasteiger partial charge in [-0.25, -0.2) is 4.39 Å². The minimum absolute atomic E-state index is 0.111. The summed E-state index contributed by atoms with van der Waals surface area (Å²) >= 11 is 0. The first-order valence-electron chi connectivity index (χ1n) is 7.40. The Labute approximate surface area is 126 Å². The Kier molecular flexibility index (Phi) is 6.62. The molecule has 1 rings (SSSR count). The molecular weight excluding hydrogens is 269 g/mol. The van der Waals surface area contributed by atoms with Crippen LogP contribution >= 0.6 is 0 Å². The lowest BCUT2D eigenvalue weighted by atomic mass is 10.1. The van der Waals surface area contributed by atoms with Crippen molar-refractivity contribution in [1.29, 1.82) is 0 Å². The Morgan fingerprint density at radius 2 is 2.00 bits per heavy atom. The van der Waals surface area contributed by atoms with Crippen LogP contribution in [-0.4, -0.2) is 32.1 Å². The highest BCUT2D eigenvalue weighted by Crippen LogP contribution is 2.23. The second-order valence-electron chi connectivity index (χ2n) is 5.57. The van der Waals surface area contributed by atoms with Crippen molar-refractivity contribution in [3.8, 4) is 0 Å². The summed E-state index contributed by atoms with van der Waals surface area (Å²) in [4.78, 5) is 13.8. The first-order valence-corrected chi connectivity index (χ1v) is 7.40. The van der Waals surface area contributed by atoms with Crippen molar-refractivity contribution >= 4 is 17.3 Å². The summed E-state index contributed by atoms with van der Waals surface area (Å²) in [5.74, 6) is -0.602. The molecule has 1 unspecified atom stereocenters. The first kappa shape index (κ1) is 17.4. The molecule has 5 heteroatoms. The van der Waals surface area contributed by atoms with Gasteiger partial charge in [-0.05, 0) is 38.6 Å². The maximum Gasteiger partial charge on any atom is 0.228 e. The molecule has 1 atom stereocenters. The highest BCUT2D eigenvalue weighted by Gasteiger charge is 2.15. The number of carbonyl (C=O) groups excluding carboxylic acids is 1. The van der Waals surface area contributed by atoms with Gasteiger partial charge in [-0.2, -0.15) is 0 Å². The molecular formula is C16H26FN3O. The Balaban J connectivity index is 2.74. The van der Waals surface area contributed by atoms with Gasteiger partial charge in [0.05, 0.1) is 5.69 Å². The topological polar surface area (TPSA) is 44.4 Å². The van der Waals surface area contributed by atoms with E-state index in [1.807, 2.05) is 39.6 Å². The predicted octanol–water partition coefficient (Wildman–Crippen LogP) is 2.85. The minimum atomic E-state index is -0.330. The van der Waals surface area contributed by atoms with E-state index in [-0.39, 0.29) is 23.7 Å². The van der Waals surface area contributed by atoms with Crippen molar-refractivity contribution in [2.45, 2.75) is 33.7 Å². The number of anilines is 2. The van der Waals surface area contributed by atoms with Crippen molar-refractivity contribution in [2.75, 3.05) is 30.4 Å². The normalized spacial score (nSPS) is 12.3. The van der Waals surface area contributed by atoms with Crippen LogP contribution < -0.4 is 15.5 Å². The summed E-state index contributed by atoms with van der Waals surface area (Å²) in [6.07, 6.45) is 0. The van der Waals surface area contributed by atoms with Gasteiger partial charge >= 0.3 is 0 Å². The molecule has 2 N–H and O–H groups in total. The van der Waals surface area contributed by atoms with Crippen LogP contribution in [0.4, 0.5) is 15.8 Å². The van der Waals surface area contributed by atoms with Crippen molar-refractivity contribution in [3.63, 3.8) is 0 Å². The van der Waals surface area contributed by atoms with Crippen molar-refractivity contribution in [3.05, 3.63) is 24.0 Å². The van der Waals surface area contributed by atoms with E-state index in [0.717, 1.165) is 6.54 Å². The number of nitrogens with one attached hydrogen (secondary N) is 2. The lowest BCUT2D eigenvalue weighted by Crippen LogP contribution is -2.30. The molecule has 4 nitrogen and oxygen atoms in total. The predicted molar refractivity (Wildman–Crippen MR) is 86.3 cm³/mol. The zero-order valence-corrected chi connectivity index (χ0v) is 13.5. The molecule has 0 bridgehead atoms. The Morgan fingerprint density at radius 3 is 2.52 bits per heavy atom. The molecule has 0 fully saturated rings. The largest absolute Gasteiger partial charge is 0.370 e. The van der Waals surface area contributed by atoms with Crippen LogP contribution in [-0.2, 0) is 4.79 Å². The fourth-order valence-electron chi connectivity index (χ4n) is 1.87. The smallest absolute Gasteiger partial charge is 0.228 e. The standard InChI is InChI=1S/C16H26FN3O/c1-6-18-10-12(4)16(21)19-13-7-8-15(14(17)9-13)20(5)11(2)3/h7-9,11-12,18H,6,10H2,1-5H3,(H,19,21). The Morgan fingerprint density at radius 1 is 1.33 bits per heavy atom. The third-order valence-electron chi connectivity index (χ3n) is 3.52. The molecule has 0 spiro atoms. The average Bonchev–Trinajstić information content (AvgIpc) is 2.44. The molecule has 21 heavy (non-hydrogen) atoms. The highest BCUT2D eigenvalue weighted by atomic mass is 19.1. The number of nitrogens with zero attached hydrogens (tertiary/aromatic N) is 1. The number of carbonyl (C=O) groups is 1. The van der Waals surface area contributed by atoms with Gasteiger partial charge in [-0.1, -0.05) is 13.8 Å². The van der Waals surface area contributed by atoms with E-state index in [1.165, 1.54) is 6.07 Å². The van der Waals surface area contributed by atoms with Gasteiger partial charge in [0.2, 0.25) is 5.91 Å². The monoisotopic (exact) mass is 295 g/mol. The van der Waals surface area contributed by atoms with Gasteiger partial charge in [0.25, 0.3) is 0 Å². The molecule has 0 aliphatic rings. The van der Waals surface area contributed by atoms with E-state index in [1.54, 1.807) is 12.1 Å². The first-order chi connectivity index (χ1) is 9.86. The Hall–Kier alpha value is -1.62. The third-order valence-corrected chi connectivity index (χ3v) is 3.52. The van der Waals surface area contributed by atoms with Crippen molar-refractivity contribution in [1.82, 2.24) is 5.32 Å². The van der Waals surface area contributed by atoms with Gasteiger partial charge in [0.1, 0.15) is 5.82 Å². The van der Waals surface area contributed by atoms with Crippen LogP contribution in [0.3, 0.4) is 0 Å². The maximum atomic E-state index is 14.1. The zero-order valence-electron chi connectivity index (χ0n) is 13.5. The average molecular weight is 295 g/mol. The number of hydrogen-bond donors (Lipinski definition) is 2. The van der Waals surface area contributed by atoms with E-state index >= 15 is 0 Å². The summed E-state index contributed by atoms with van der Waals surface area (Å²) in [5, 5.41) is 5.87. The second kappa shape index (κ2) is 7.98. The van der Waals surface area contributed by atoms with Crippen LogP contribution in [0.1, 0.15) is 27.7 Å². The van der Waals surface area contributed by atoms with Crippen molar-refractivity contribution in [2.24, 2.45) is 5.92 Å². The Bertz CT molecular complexity index is 477. The summed E-state index contributed by atoms with van der Waals surface area (Å²) in [6.45, 7) is 9.26. The second-order valence-corrected chi connectivity index (χ2v) is 5.57. The van der Waals surface area contributed by atoms with E-state index in [9.17, 15) is 9.18 Å². The maximum absolute atomic E-state index is 14.1. The van der Waals surface area contributed by atoms with Gasteiger partial charge in [0.15, 0.2) is 0 Å². The molecule has 1 aromatic rings. The summed E-state index contributed by atoms with van der Waals surface area (Å²) in [5.41, 5.74) is 1.02. The molecule has 1 amide bonds. The molecule has 0 heterocycles. The molecule has 0 aliphatic heterocycles. The quantitative estimate of drug-likeness (QED) is 0.813. The minimum Gasteiger partial charge on any atom is -0.370 e. The number of halogens is 1. The summed E-state index contributed by atoms with van der Waals surface area (Å²) < 4.78 is 14.1. The van der Waals surface area contributed by atoms with Gasteiger partial charge in [0, 0.05) is 31.2 Å². The fourth-order valence-corrected chi connectivity index (χ4v) is 1.87. The number of hydrogen-bond acceptors (Lipinski definition) is 3.